The van der Waals surface area contributed by atoms with Crippen LogP contribution in [0.3, 0.4) is 0 Å². The van der Waals surface area contributed by atoms with Gasteiger partial charge in [-0.3, -0.25) is 9.69 Å². The molecule has 2 saturated heterocycles. The van der Waals surface area contributed by atoms with Crippen molar-refractivity contribution >= 4 is 15.7 Å². The molecule has 1 amide bonds. The summed E-state index contributed by atoms with van der Waals surface area (Å²) in [4.78, 5) is 16.1. The molecule has 0 aromatic heterocycles. The molecule has 2 rings (SSSR count). The molecule has 6 nitrogen and oxygen atoms in total. The first-order valence-electron chi connectivity index (χ1n) is 7.31. The minimum Gasteiger partial charge on any atom is -0.395 e. The van der Waals surface area contributed by atoms with Crippen LogP contribution in [0.15, 0.2) is 0 Å². The summed E-state index contributed by atoms with van der Waals surface area (Å²) in [5, 5.41) is 9.28. The second kappa shape index (κ2) is 6.41. The molecule has 20 heavy (non-hydrogen) atoms. The maximum atomic E-state index is 12.4. The molecule has 0 aliphatic carbocycles. The van der Waals surface area contributed by atoms with E-state index in [1.807, 2.05) is 11.8 Å². The number of sulfone groups is 1. The predicted molar refractivity (Wildman–Crippen MR) is 76.1 cm³/mol. The van der Waals surface area contributed by atoms with Crippen molar-refractivity contribution in [2.24, 2.45) is 0 Å². The Kier molecular flexibility index (Phi) is 5.04. The van der Waals surface area contributed by atoms with E-state index in [0.29, 0.717) is 13.0 Å². The van der Waals surface area contributed by atoms with Crippen LogP contribution in [-0.2, 0) is 14.6 Å². The van der Waals surface area contributed by atoms with E-state index >= 15 is 0 Å². The molecule has 0 unspecified atom stereocenters. The molecule has 2 atom stereocenters. The van der Waals surface area contributed by atoms with Gasteiger partial charge in [0.25, 0.3) is 0 Å². The normalized spacial score (nSPS) is 29.7. The summed E-state index contributed by atoms with van der Waals surface area (Å²) >= 11 is 0. The van der Waals surface area contributed by atoms with Gasteiger partial charge in [0.2, 0.25) is 5.91 Å². The Balaban J connectivity index is 1.96. The number of amides is 1. The predicted octanol–water partition coefficient (Wildman–Crippen LogP) is -0.521. The number of aliphatic hydroxyl groups excluding tert-OH is 1. The summed E-state index contributed by atoms with van der Waals surface area (Å²) in [5.74, 6) is 0.260. The number of aliphatic hydroxyl groups is 1. The summed E-state index contributed by atoms with van der Waals surface area (Å²) in [6.45, 7) is 3.62. The van der Waals surface area contributed by atoms with Crippen LogP contribution >= 0.6 is 0 Å². The quantitative estimate of drug-likeness (QED) is 0.739. The second-order valence-electron chi connectivity index (χ2n) is 5.69. The lowest BCUT2D eigenvalue weighted by molar-refractivity contribution is -0.134. The zero-order chi connectivity index (χ0) is 14.8. The van der Waals surface area contributed by atoms with Crippen LogP contribution in [0.4, 0.5) is 0 Å². The fourth-order valence-corrected chi connectivity index (χ4v) is 4.96. The van der Waals surface area contributed by atoms with Gasteiger partial charge in [-0.15, -0.1) is 0 Å². The number of nitrogens with zero attached hydrogens (tertiary/aromatic N) is 2. The van der Waals surface area contributed by atoms with Crippen molar-refractivity contribution in [3.8, 4) is 0 Å². The Bertz CT molecular complexity index is 451. The van der Waals surface area contributed by atoms with Crippen molar-refractivity contribution in [3.05, 3.63) is 0 Å². The standard InChI is InChI=1S/C13H24N2O4S/c1-2-15(12-5-7-20(18,19)10-12)13(17)8-14-6-3-4-11(14)9-16/h11-12,16H,2-10H2,1H3/t11-,12-/m1/s1. The summed E-state index contributed by atoms with van der Waals surface area (Å²) < 4.78 is 23.1. The average molecular weight is 304 g/mol. The summed E-state index contributed by atoms with van der Waals surface area (Å²) in [5.41, 5.74) is 0. The number of carbonyl (C=O) groups is 1. The van der Waals surface area contributed by atoms with Crippen LogP contribution in [0.25, 0.3) is 0 Å². The largest absolute Gasteiger partial charge is 0.395 e. The molecule has 2 aliphatic rings. The number of hydrogen-bond acceptors (Lipinski definition) is 5. The fourth-order valence-electron chi connectivity index (χ4n) is 3.23. The van der Waals surface area contributed by atoms with Crippen LogP contribution in [0.1, 0.15) is 26.2 Å². The zero-order valence-electron chi connectivity index (χ0n) is 12.0. The van der Waals surface area contributed by atoms with Gasteiger partial charge < -0.3 is 10.0 Å². The Labute approximate surface area is 120 Å². The Hall–Kier alpha value is -0.660. The lowest BCUT2D eigenvalue weighted by Gasteiger charge is -2.30. The average Bonchev–Trinajstić information content (AvgIpc) is 2.97. The van der Waals surface area contributed by atoms with Crippen molar-refractivity contribution in [1.82, 2.24) is 9.80 Å². The van der Waals surface area contributed by atoms with Crippen LogP contribution < -0.4 is 0 Å². The van der Waals surface area contributed by atoms with Gasteiger partial charge in [0.05, 0.1) is 24.7 Å². The third-order valence-corrected chi connectivity index (χ3v) is 6.11. The number of likely N-dealkylation sites (N-methyl/N-ethyl adjacent to an activating group) is 1. The van der Waals surface area contributed by atoms with Gasteiger partial charge >= 0.3 is 0 Å². The van der Waals surface area contributed by atoms with Crippen LogP contribution in [0.5, 0.6) is 0 Å². The van der Waals surface area contributed by atoms with E-state index in [4.69, 9.17) is 0 Å². The van der Waals surface area contributed by atoms with E-state index < -0.39 is 9.84 Å². The van der Waals surface area contributed by atoms with Gasteiger partial charge in [0.1, 0.15) is 0 Å². The smallest absolute Gasteiger partial charge is 0.237 e. The highest BCUT2D eigenvalue weighted by Crippen LogP contribution is 2.20. The third-order valence-electron chi connectivity index (χ3n) is 4.36. The first-order chi connectivity index (χ1) is 9.46. The van der Waals surface area contributed by atoms with E-state index in [0.717, 1.165) is 19.4 Å². The number of hydrogen-bond donors (Lipinski definition) is 1. The molecule has 0 spiro atoms. The molecule has 7 heteroatoms. The maximum Gasteiger partial charge on any atom is 0.237 e. The van der Waals surface area contributed by atoms with E-state index in [1.54, 1.807) is 4.90 Å². The van der Waals surface area contributed by atoms with Crippen LogP contribution in [-0.4, -0.2) is 79.1 Å². The monoisotopic (exact) mass is 304 g/mol. The Morgan fingerprint density at radius 1 is 1.40 bits per heavy atom. The Morgan fingerprint density at radius 2 is 2.15 bits per heavy atom. The van der Waals surface area contributed by atoms with Crippen LogP contribution in [0.2, 0.25) is 0 Å². The minimum atomic E-state index is -2.97. The number of likely N-dealkylation sites (tertiary alicyclic amines) is 1. The van der Waals surface area contributed by atoms with Crippen molar-refractivity contribution in [2.75, 3.05) is 37.7 Å². The van der Waals surface area contributed by atoms with Crippen molar-refractivity contribution < 1.29 is 18.3 Å². The molecule has 2 aliphatic heterocycles. The Morgan fingerprint density at radius 3 is 2.70 bits per heavy atom. The lowest BCUT2D eigenvalue weighted by atomic mass is 10.2. The molecule has 0 aromatic carbocycles. The van der Waals surface area contributed by atoms with Gasteiger partial charge in [0.15, 0.2) is 9.84 Å². The summed E-state index contributed by atoms with van der Waals surface area (Å²) in [6.07, 6.45) is 2.47. The molecular weight excluding hydrogens is 280 g/mol. The van der Waals surface area contributed by atoms with Gasteiger partial charge in [-0.2, -0.15) is 0 Å². The SMILES string of the molecule is CCN(C(=O)CN1CCC[C@@H]1CO)[C@@H]1CCS(=O)(=O)C1. The molecule has 0 aromatic rings. The molecule has 1 N–H and O–H groups in total. The first kappa shape index (κ1) is 15.7. The molecule has 0 radical (unpaired) electrons. The summed E-state index contributed by atoms with van der Waals surface area (Å²) in [6, 6.07) is -0.0994. The minimum absolute atomic E-state index is 0.0186. The van der Waals surface area contributed by atoms with Gasteiger partial charge in [-0.1, -0.05) is 0 Å². The number of carbonyl (C=O) groups excluding carboxylic acids is 1. The number of rotatable bonds is 5. The highest BCUT2D eigenvalue weighted by atomic mass is 32.2. The summed E-state index contributed by atoms with van der Waals surface area (Å²) in [7, 11) is -2.97. The van der Waals surface area contributed by atoms with Crippen molar-refractivity contribution in [3.63, 3.8) is 0 Å². The lowest BCUT2D eigenvalue weighted by Crippen LogP contribution is -2.47. The third kappa shape index (κ3) is 3.51. The van der Waals surface area contributed by atoms with Gasteiger partial charge in [-0.25, -0.2) is 8.42 Å². The highest BCUT2D eigenvalue weighted by molar-refractivity contribution is 7.91. The molecule has 0 saturated carbocycles. The van der Waals surface area contributed by atoms with Gasteiger partial charge in [-0.05, 0) is 32.7 Å². The van der Waals surface area contributed by atoms with E-state index in [1.165, 1.54) is 0 Å². The second-order valence-corrected chi connectivity index (χ2v) is 7.91. The molecular formula is C13H24N2O4S. The maximum absolute atomic E-state index is 12.4. The molecule has 116 valence electrons. The highest BCUT2D eigenvalue weighted by Gasteiger charge is 2.35. The van der Waals surface area contributed by atoms with Crippen LogP contribution in [0, 0.1) is 0 Å². The first-order valence-corrected chi connectivity index (χ1v) is 9.13. The van der Waals surface area contributed by atoms with E-state index in [2.05, 4.69) is 0 Å². The van der Waals surface area contributed by atoms with Crippen molar-refractivity contribution in [1.29, 1.82) is 0 Å². The fraction of sp³-hybridized carbons (Fsp3) is 0.923. The van der Waals surface area contributed by atoms with E-state index in [9.17, 15) is 18.3 Å². The topological polar surface area (TPSA) is 77.9 Å². The zero-order valence-corrected chi connectivity index (χ0v) is 12.8. The van der Waals surface area contributed by atoms with Gasteiger partial charge in [0, 0.05) is 18.6 Å². The van der Waals surface area contributed by atoms with E-state index in [-0.39, 0.29) is 42.6 Å². The molecule has 2 heterocycles. The van der Waals surface area contributed by atoms with Crippen molar-refractivity contribution in [2.45, 2.75) is 38.3 Å². The molecule has 2 fully saturated rings. The molecule has 0 bridgehead atoms.